The highest BCUT2D eigenvalue weighted by Crippen LogP contribution is 2.11. The summed E-state index contributed by atoms with van der Waals surface area (Å²) >= 11 is 3.16. The minimum atomic E-state index is -1.03. The van der Waals surface area contributed by atoms with Crippen molar-refractivity contribution in [3.63, 3.8) is 0 Å². The lowest BCUT2D eigenvalue weighted by molar-refractivity contribution is 0.0699. The number of carboxylic acid groups (broad SMARTS) is 1. The van der Waals surface area contributed by atoms with E-state index >= 15 is 0 Å². The molecule has 0 fully saturated rings. The van der Waals surface area contributed by atoms with E-state index < -0.39 is 5.97 Å². The van der Waals surface area contributed by atoms with Gasteiger partial charge in [0.1, 0.15) is 10.2 Å². The van der Waals surface area contributed by atoms with Crippen molar-refractivity contribution in [2.45, 2.75) is 0 Å². The Morgan fingerprint density at radius 3 is 3.08 bits per heavy atom. The molecule has 0 saturated carbocycles. The van der Waals surface area contributed by atoms with Crippen LogP contribution in [-0.2, 0) is 0 Å². The number of carbonyl (C=O) groups is 1. The second-order valence-corrected chi connectivity index (χ2v) is 3.19. The topological polar surface area (TPSA) is 67.5 Å². The Labute approximate surface area is 81.1 Å². The van der Waals surface area contributed by atoms with Gasteiger partial charge in [-0.3, -0.25) is 0 Å². The second kappa shape index (κ2) is 2.81. The van der Waals surface area contributed by atoms with Crippen LogP contribution in [-0.4, -0.2) is 25.7 Å². The van der Waals surface area contributed by atoms with E-state index in [2.05, 4.69) is 26.0 Å². The van der Waals surface area contributed by atoms with E-state index in [1.807, 2.05) is 0 Å². The van der Waals surface area contributed by atoms with Crippen LogP contribution in [0.2, 0.25) is 0 Å². The molecule has 0 saturated heterocycles. The average molecular weight is 242 g/mol. The van der Waals surface area contributed by atoms with Crippen LogP contribution in [0, 0.1) is 0 Å². The molecule has 0 spiro atoms. The van der Waals surface area contributed by atoms with Crippen LogP contribution in [0.25, 0.3) is 5.65 Å². The van der Waals surface area contributed by atoms with E-state index in [-0.39, 0.29) is 5.56 Å². The van der Waals surface area contributed by atoms with Gasteiger partial charge in [-0.05, 0) is 22.0 Å². The summed E-state index contributed by atoms with van der Waals surface area (Å²) < 4.78 is 2.00. The summed E-state index contributed by atoms with van der Waals surface area (Å²) in [4.78, 5) is 14.7. The Kier molecular flexibility index (Phi) is 1.77. The Hall–Kier alpha value is -1.43. The molecule has 66 valence electrons. The van der Waals surface area contributed by atoms with Crippen molar-refractivity contribution in [1.82, 2.24) is 14.6 Å². The SMILES string of the molecule is O=C(O)c1cnn2ccc(Br)nc12. The van der Waals surface area contributed by atoms with Crippen molar-refractivity contribution in [3.8, 4) is 0 Å². The summed E-state index contributed by atoms with van der Waals surface area (Å²) in [5, 5.41) is 12.6. The fourth-order valence-electron chi connectivity index (χ4n) is 0.998. The van der Waals surface area contributed by atoms with Gasteiger partial charge in [0.25, 0.3) is 0 Å². The largest absolute Gasteiger partial charge is 0.477 e. The number of halogens is 1. The summed E-state index contributed by atoms with van der Waals surface area (Å²) in [6.45, 7) is 0. The van der Waals surface area contributed by atoms with E-state index in [0.717, 1.165) is 0 Å². The molecule has 2 rings (SSSR count). The summed E-state index contributed by atoms with van der Waals surface area (Å²) in [5.41, 5.74) is 0.433. The average Bonchev–Trinajstić information content (AvgIpc) is 2.46. The van der Waals surface area contributed by atoms with Gasteiger partial charge in [-0.2, -0.15) is 5.10 Å². The van der Waals surface area contributed by atoms with E-state index in [1.54, 1.807) is 12.3 Å². The molecule has 0 atom stereocenters. The number of hydrogen-bond donors (Lipinski definition) is 1. The number of carboxylic acids is 1. The minimum absolute atomic E-state index is 0.0984. The highest BCUT2D eigenvalue weighted by molar-refractivity contribution is 9.10. The maximum absolute atomic E-state index is 10.7. The van der Waals surface area contributed by atoms with Crippen LogP contribution in [0.3, 0.4) is 0 Å². The van der Waals surface area contributed by atoms with Crippen molar-refractivity contribution in [2.75, 3.05) is 0 Å². The van der Waals surface area contributed by atoms with Crippen LogP contribution in [0.1, 0.15) is 10.4 Å². The van der Waals surface area contributed by atoms with Gasteiger partial charge in [0.2, 0.25) is 0 Å². The molecule has 0 aliphatic heterocycles. The third-order valence-electron chi connectivity index (χ3n) is 1.57. The van der Waals surface area contributed by atoms with Gasteiger partial charge in [-0.25, -0.2) is 14.3 Å². The standard InChI is InChI=1S/C7H4BrN3O2/c8-5-1-2-11-6(10-5)4(3-9-11)7(12)13/h1-3H,(H,12,13). The Morgan fingerprint density at radius 2 is 2.38 bits per heavy atom. The number of nitrogens with zero attached hydrogens (tertiary/aromatic N) is 3. The second-order valence-electron chi connectivity index (χ2n) is 2.38. The minimum Gasteiger partial charge on any atom is -0.477 e. The molecule has 6 heteroatoms. The van der Waals surface area contributed by atoms with E-state index in [1.165, 1.54) is 10.7 Å². The smallest absolute Gasteiger partial charge is 0.341 e. The molecule has 0 amide bonds. The third-order valence-corrected chi connectivity index (χ3v) is 2.01. The first-order valence-electron chi connectivity index (χ1n) is 3.41. The first-order chi connectivity index (χ1) is 6.18. The molecule has 0 aromatic carbocycles. The zero-order chi connectivity index (χ0) is 9.42. The quantitative estimate of drug-likeness (QED) is 0.762. The molecule has 13 heavy (non-hydrogen) atoms. The van der Waals surface area contributed by atoms with Crippen LogP contribution in [0.5, 0.6) is 0 Å². The molecule has 2 aromatic rings. The molecule has 0 aliphatic carbocycles. The predicted octanol–water partition coefficient (Wildman–Crippen LogP) is 1.19. The molecular weight excluding hydrogens is 238 g/mol. The first kappa shape index (κ1) is 8.18. The molecule has 0 radical (unpaired) electrons. The Bertz CT molecular complexity index is 480. The summed E-state index contributed by atoms with van der Waals surface area (Å²) in [5.74, 6) is -1.03. The van der Waals surface area contributed by atoms with Crippen molar-refractivity contribution in [1.29, 1.82) is 0 Å². The van der Waals surface area contributed by atoms with E-state index in [0.29, 0.717) is 10.3 Å². The lowest BCUT2D eigenvalue weighted by Crippen LogP contribution is -1.97. The zero-order valence-electron chi connectivity index (χ0n) is 6.31. The first-order valence-corrected chi connectivity index (χ1v) is 4.21. The van der Waals surface area contributed by atoms with E-state index in [4.69, 9.17) is 5.11 Å². The highest BCUT2D eigenvalue weighted by Gasteiger charge is 2.11. The molecule has 0 bridgehead atoms. The normalized spacial score (nSPS) is 10.5. The van der Waals surface area contributed by atoms with Crippen LogP contribution in [0.15, 0.2) is 23.1 Å². The van der Waals surface area contributed by atoms with E-state index in [9.17, 15) is 4.79 Å². The number of hydrogen-bond acceptors (Lipinski definition) is 3. The monoisotopic (exact) mass is 241 g/mol. The molecule has 0 aliphatic rings. The number of aromatic carboxylic acids is 1. The van der Waals surface area contributed by atoms with Gasteiger partial charge in [0.05, 0.1) is 6.20 Å². The van der Waals surface area contributed by atoms with Gasteiger partial charge in [0.15, 0.2) is 5.65 Å². The van der Waals surface area contributed by atoms with Gasteiger partial charge in [-0.1, -0.05) is 0 Å². The molecule has 2 aromatic heterocycles. The third kappa shape index (κ3) is 1.29. The number of rotatable bonds is 1. The van der Waals surface area contributed by atoms with Crippen LogP contribution < -0.4 is 0 Å². The molecule has 2 heterocycles. The Morgan fingerprint density at radius 1 is 1.62 bits per heavy atom. The molecular formula is C7H4BrN3O2. The number of fused-ring (bicyclic) bond motifs is 1. The molecule has 1 N–H and O–H groups in total. The lowest BCUT2D eigenvalue weighted by atomic mass is 10.3. The summed E-state index contributed by atoms with van der Waals surface area (Å²) in [7, 11) is 0. The van der Waals surface area contributed by atoms with Crippen molar-refractivity contribution in [2.24, 2.45) is 0 Å². The number of aromatic nitrogens is 3. The van der Waals surface area contributed by atoms with Gasteiger partial charge in [0, 0.05) is 6.20 Å². The van der Waals surface area contributed by atoms with Crippen LogP contribution in [0.4, 0.5) is 0 Å². The summed E-state index contributed by atoms with van der Waals surface area (Å²) in [6, 6.07) is 1.69. The Balaban J connectivity index is 2.79. The maximum atomic E-state index is 10.7. The van der Waals surface area contributed by atoms with Gasteiger partial charge < -0.3 is 5.11 Å². The molecule has 5 nitrogen and oxygen atoms in total. The van der Waals surface area contributed by atoms with Crippen molar-refractivity contribution >= 4 is 27.5 Å². The zero-order valence-corrected chi connectivity index (χ0v) is 7.89. The lowest BCUT2D eigenvalue weighted by Gasteiger charge is -1.93. The van der Waals surface area contributed by atoms with Crippen LogP contribution >= 0.6 is 15.9 Å². The summed E-state index contributed by atoms with van der Waals surface area (Å²) in [6.07, 6.45) is 2.91. The fraction of sp³-hybridized carbons (Fsp3) is 0. The van der Waals surface area contributed by atoms with Gasteiger partial charge in [-0.15, -0.1) is 0 Å². The van der Waals surface area contributed by atoms with Crippen molar-refractivity contribution < 1.29 is 9.90 Å². The molecule has 0 unspecified atom stereocenters. The highest BCUT2D eigenvalue weighted by atomic mass is 79.9. The maximum Gasteiger partial charge on any atom is 0.341 e. The van der Waals surface area contributed by atoms with Crippen molar-refractivity contribution in [3.05, 3.63) is 28.6 Å². The predicted molar refractivity (Wildman–Crippen MR) is 47.6 cm³/mol. The van der Waals surface area contributed by atoms with Gasteiger partial charge >= 0.3 is 5.97 Å². The fourth-order valence-corrected chi connectivity index (χ4v) is 1.28.